The van der Waals surface area contributed by atoms with E-state index < -0.39 is 19.8 Å². The maximum atomic E-state index is 10.9. The molecule has 1 spiro atoms. The molecule has 0 atom stereocenters. The molecule has 1 amide bonds. The van der Waals surface area contributed by atoms with Gasteiger partial charge in [0, 0.05) is 0 Å². The third-order valence-corrected chi connectivity index (χ3v) is 2.92. The summed E-state index contributed by atoms with van der Waals surface area (Å²) < 4.78 is 29.4. The molecule has 8 heteroatoms. The van der Waals surface area contributed by atoms with Crippen molar-refractivity contribution in [3.05, 3.63) is 0 Å². The predicted octanol–water partition coefficient (Wildman–Crippen LogP) is 0.192. The first-order chi connectivity index (χ1) is 5.14. The van der Waals surface area contributed by atoms with E-state index in [9.17, 15) is 9.36 Å². The van der Waals surface area contributed by atoms with Crippen LogP contribution in [0.5, 0.6) is 0 Å². The van der Waals surface area contributed by atoms with Crippen LogP contribution in [0.3, 0.4) is 0 Å². The lowest BCUT2D eigenvalue weighted by molar-refractivity contribution is -0.237. The van der Waals surface area contributed by atoms with Crippen LogP contribution in [-0.4, -0.2) is 23.7 Å². The molecule has 4 saturated heterocycles. The van der Waals surface area contributed by atoms with Crippen LogP contribution >= 0.6 is 7.82 Å². The van der Waals surface area contributed by atoms with Crippen molar-refractivity contribution in [3.8, 4) is 0 Å². The highest BCUT2D eigenvalue weighted by atomic mass is 31.2. The molecule has 0 radical (unpaired) electrons. The Hall–Kier alpha value is -0.620. The fraction of sp³-hybridized carbons (Fsp3) is 0.667. The highest BCUT2D eigenvalue weighted by molar-refractivity contribution is 7.50. The summed E-state index contributed by atoms with van der Waals surface area (Å²) in [6.07, 6.45) is -0.736. The highest BCUT2D eigenvalue weighted by Gasteiger charge is 2.77. The number of phosphoric acid groups is 1. The molecule has 2 bridgehead atoms. The minimum Gasteiger partial charge on any atom is -0.440 e. The van der Waals surface area contributed by atoms with Gasteiger partial charge in [0.2, 0.25) is 0 Å². The molecule has 4 rings (SSSR count). The van der Waals surface area contributed by atoms with E-state index in [2.05, 4.69) is 9.36 Å². The average Bonchev–Trinajstić information content (AvgIpc) is 2.37. The summed E-state index contributed by atoms with van der Waals surface area (Å²) in [5.74, 6) is -1.34. The van der Waals surface area contributed by atoms with Crippen LogP contribution in [0, 0.1) is 0 Å². The zero-order valence-corrected chi connectivity index (χ0v) is 5.95. The van der Waals surface area contributed by atoms with E-state index >= 15 is 0 Å². The Bertz CT molecular complexity index is 290. The number of amides is 1. The summed E-state index contributed by atoms with van der Waals surface area (Å²) in [5, 5.41) is 0.716. The van der Waals surface area contributed by atoms with Gasteiger partial charge in [-0.15, -0.1) is 5.06 Å². The number of nitrogens with zero attached hydrogens (tertiary/aromatic N) is 1. The van der Waals surface area contributed by atoms with Crippen LogP contribution in [0.4, 0.5) is 4.79 Å². The lowest BCUT2D eigenvalue weighted by atomic mass is 10.5. The van der Waals surface area contributed by atoms with Crippen molar-refractivity contribution in [1.82, 2.24) is 5.06 Å². The van der Waals surface area contributed by atoms with Crippen molar-refractivity contribution in [1.29, 1.82) is 0 Å². The van der Waals surface area contributed by atoms with E-state index in [-0.39, 0.29) is 6.61 Å². The smallest absolute Gasteiger partial charge is 0.440 e. The Kier molecular flexibility index (Phi) is 0.712. The van der Waals surface area contributed by atoms with Gasteiger partial charge in [-0.05, 0) is 0 Å². The van der Waals surface area contributed by atoms with Gasteiger partial charge in [-0.1, -0.05) is 0 Å². The fourth-order valence-electron chi connectivity index (χ4n) is 1.12. The van der Waals surface area contributed by atoms with Gasteiger partial charge in [-0.25, -0.2) is 18.4 Å². The van der Waals surface area contributed by atoms with Gasteiger partial charge in [0.1, 0.15) is 0 Å². The fourth-order valence-corrected chi connectivity index (χ4v) is 2.55. The quantitative estimate of drug-likeness (QED) is 0.494. The zero-order valence-electron chi connectivity index (χ0n) is 5.05. The first-order valence-corrected chi connectivity index (χ1v) is 4.28. The minimum atomic E-state index is -3.40. The summed E-state index contributed by atoms with van der Waals surface area (Å²) >= 11 is 0. The number of phosphoric ester groups is 1. The molecule has 4 aliphatic heterocycles. The van der Waals surface area contributed by atoms with Crippen LogP contribution in [0.2, 0.25) is 0 Å². The number of hydrogen-bond donors (Lipinski definition) is 0. The van der Waals surface area contributed by atoms with Crippen molar-refractivity contribution in [2.75, 3.05) is 6.61 Å². The van der Waals surface area contributed by atoms with E-state index in [4.69, 9.17) is 9.05 Å². The van der Waals surface area contributed by atoms with Crippen molar-refractivity contribution >= 4 is 13.9 Å². The number of cyclic esters (lactones) is 1. The number of ether oxygens (including phenoxy) is 1. The number of hydroxylamine groups is 2. The molecule has 0 N–H and O–H groups in total. The Labute approximate surface area is 60.3 Å². The SMILES string of the molecule is O=C1OCC23OP(=O)(ON12)O3. The molecule has 0 aromatic carbocycles. The monoisotopic (exact) mass is 179 g/mol. The Morgan fingerprint density at radius 2 is 2.27 bits per heavy atom. The number of carbonyl (C=O) groups excluding carboxylic acids is 1. The van der Waals surface area contributed by atoms with Crippen molar-refractivity contribution in [2.45, 2.75) is 5.91 Å². The van der Waals surface area contributed by atoms with Gasteiger partial charge in [0.15, 0.2) is 6.61 Å². The van der Waals surface area contributed by atoms with E-state index in [1.807, 2.05) is 0 Å². The molecule has 60 valence electrons. The summed E-state index contributed by atoms with van der Waals surface area (Å²) in [4.78, 5) is 10.7. The second-order valence-corrected chi connectivity index (χ2v) is 3.70. The maximum absolute atomic E-state index is 10.9. The lowest BCUT2D eigenvalue weighted by Gasteiger charge is -2.27. The first kappa shape index (κ1) is 5.96. The molecule has 0 aliphatic carbocycles. The standard InChI is InChI=1S/C3H2NO6P/c5-2-4-3(1-7-2)8-11(6,9-3)10-4/h1H2. The Morgan fingerprint density at radius 3 is 2.91 bits per heavy atom. The minimum absolute atomic E-state index is 0.101. The third-order valence-electron chi connectivity index (χ3n) is 1.54. The van der Waals surface area contributed by atoms with Crippen molar-refractivity contribution < 1.29 is 27.8 Å². The molecular weight excluding hydrogens is 177 g/mol. The van der Waals surface area contributed by atoms with E-state index in [0.29, 0.717) is 5.06 Å². The largest absolute Gasteiger partial charge is 0.505 e. The molecule has 4 fully saturated rings. The molecule has 7 nitrogen and oxygen atoms in total. The highest BCUT2D eigenvalue weighted by Crippen LogP contribution is 2.74. The van der Waals surface area contributed by atoms with Gasteiger partial charge in [0.25, 0.3) is 0 Å². The second kappa shape index (κ2) is 1.32. The van der Waals surface area contributed by atoms with E-state index in [1.165, 1.54) is 0 Å². The van der Waals surface area contributed by atoms with Crippen LogP contribution in [0.15, 0.2) is 0 Å². The molecule has 0 aromatic heterocycles. The van der Waals surface area contributed by atoms with Gasteiger partial charge in [0.05, 0.1) is 0 Å². The molecule has 0 saturated carbocycles. The molecule has 4 heterocycles. The normalized spacial score (nSPS) is 52.0. The van der Waals surface area contributed by atoms with Gasteiger partial charge in [-0.3, -0.25) is 0 Å². The summed E-state index contributed by atoms with van der Waals surface area (Å²) in [6.45, 7) is -0.101. The predicted molar refractivity (Wildman–Crippen MR) is 26.8 cm³/mol. The van der Waals surface area contributed by atoms with Gasteiger partial charge < -0.3 is 4.74 Å². The molecular formula is C3H2NO6P. The number of rotatable bonds is 0. The summed E-state index contributed by atoms with van der Waals surface area (Å²) in [7, 11) is -3.40. The van der Waals surface area contributed by atoms with E-state index in [0.717, 1.165) is 0 Å². The molecule has 4 aliphatic rings. The topological polar surface area (TPSA) is 74.3 Å². The average molecular weight is 179 g/mol. The van der Waals surface area contributed by atoms with Crippen molar-refractivity contribution in [3.63, 3.8) is 0 Å². The number of carbonyl (C=O) groups is 1. The van der Waals surface area contributed by atoms with Crippen molar-refractivity contribution in [2.24, 2.45) is 0 Å². The maximum Gasteiger partial charge on any atom is 0.505 e. The molecule has 0 unspecified atom stereocenters. The summed E-state index contributed by atoms with van der Waals surface area (Å²) in [5.41, 5.74) is 0. The first-order valence-electron chi connectivity index (χ1n) is 2.82. The Morgan fingerprint density at radius 1 is 1.55 bits per heavy atom. The van der Waals surface area contributed by atoms with Gasteiger partial charge >= 0.3 is 19.8 Å². The number of hydrogen-bond acceptors (Lipinski definition) is 6. The molecule has 11 heavy (non-hydrogen) atoms. The third kappa shape index (κ3) is 0.487. The van der Waals surface area contributed by atoms with Gasteiger partial charge in [-0.2, -0.15) is 4.62 Å². The van der Waals surface area contributed by atoms with Crippen LogP contribution in [-0.2, 0) is 23.0 Å². The second-order valence-electron chi connectivity index (χ2n) is 2.27. The Balaban J connectivity index is 2.08. The molecule has 0 aromatic rings. The van der Waals surface area contributed by atoms with Crippen LogP contribution in [0.25, 0.3) is 0 Å². The van der Waals surface area contributed by atoms with Crippen LogP contribution < -0.4 is 0 Å². The van der Waals surface area contributed by atoms with Crippen LogP contribution in [0.1, 0.15) is 0 Å². The van der Waals surface area contributed by atoms with E-state index in [1.54, 1.807) is 0 Å². The summed E-state index contributed by atoms with van der Waals surface area (Å²) in [6, 6.07) is 0. The lowest BCUT2D eigenvalue weighted by Crippen LogP contribution is -2.45. The zero-order chi connectivity index (χ0) is 7.69.